The van der Waals surface area contributed by atoms with Gasteiger partial charge >= 0.3 is 0 Å². The minimum absolute atomic E-state index is 0.0823. The molecule has 3 aromatic rings. The predicted molar refractivity (Wildman–Crippen MR) is 140 cm³/mol. The van der Waals surface area contributed by atoms with Gasteiger partial charge in [-0.25, -0.2) is 4.39 Å². The molecule has 36 heavy (non-hydrogen) atoms. The van der Waals surface area contributed by atoms with E-state index in [1.807, 2.05) is 0 Å². The van der Waals surface area contributed by atoms with Crippen LogP contribution in [0.3, 0.4) is 0 Å². The molecule has 0 bridgehead atoms. The third-order valence-electron chi connectivity index (χ3n) is 5.96. The SMILES string of the molecule is COc1ccc(NC(=O)C[C@@H]2C(=O)N(c3ccc(OC)cc3)C(=S)N2CCc2ccc(F)cc2)cc1. The number of methoxy groups -OCH3 is 2. The van der Waals surface area contributed by atoms with E-state index in [0.717, 1.165) is 5.56 Å². The number of ether oxygens (including phenoxy) is 2. The van der Waals surface area contributed by atoms with Crippen LogP contribution in [0.1, 0.15) is 12.0 Å². The smallest absolute Gasteiger partial charge is 0.256 e. The number of thiocarbonyl (C=S) groups is 1. The van der Waals surface area contributed by atoms with Crippen LogP contribution in [0.15, 0.2) is 72.8 Å². The molecule has 0 radical (unpaired) electrons. The van der Waals surface area contributed by atoms with E-state index in [9.17, 15) is 14.0 Å². The molecule has 4 rings (SSSR count). The molecule has 0 unspecified atom stereocenters. The van der Waals surface area contributed by atoms with E-state index in [1.165, 1.54) is 17.0 Å². The highest BCUT2D eigenvalue weighted by Crippen LogP contribution is 2.29. The third-order valence-corrected chi connectivity index (χ3v) is 6.37. The molecule has 1 atom stereocenters. The Morgan fingerprint density at radius 1 is 0.944 bits per heavy atom. The molecule has 186 valence electrons. The van der Waals surface area contributed by atoms with Crippen molar-refractivity contribution in [3.05, 3.63) is 84.2 Å². The number of carbonyl (C=O) groups excluding carboxylic acids is 2. The van der Waals surface area contributed by atoms with Gasteiger partial charge in [-0.05, 0) is 84.9 Å². The Hall–Kier alpha value is -3.98. The fourth-order valence-corrected chi connectivity index (χ4v) is 4.43. The molecular formula is C27H26FN3O4S. The van der Waals surface area contributed by atoms with Gasteiger partial charge in [-0.3, -0.25) is 14.5 Å². The lowest BCUT2D eigenvalue weighted by Gasteiger charge is -2.24. The summed E-state index contributed by atoms with van der Waals surface area (Å²) in [6.45, 7) is 0.392. The van der Waals surface area contributed by atoms with E-state index in [-0.39, 0.29) is 24.1 Å². The van der Waals surface area contributed by atoms with Gasteiger partial charge in [-0.15, -0.1) is 0 Å². The average Bonchev–Trinajstić information content (AvgIpc) is 3.12. The summed E-state index contributed by atoms with van der Waals surface area (Å²) in [5, 5.41) is 3.15. The summed E-state index contributed by atoms with van der Waals surface area (Å²) in [5.41, 5.74) is 2.09. The number of carbonyl (C=O) groups is 2. The second-order valence-electron chi connectivity index (χ2n) is 8.22. The first-order valence-electron chi connectivity index (χ1n) is 11.4. The van der Waals surface area contributed by atoms with Gasteiger partial charge in [0.1, 0.15) is 23.4 Å². The van der Waals surface area contributed by atoms with Crippen LogP contribution in [-0.4, -0.2) is 48.6 Å². The molecule has 3 aromatic carbocycles. The maximum absolute atomic E-state index is 13.5. The van der Waals surface area contributed by atoms with Crippen molar-refractivity contribution in [3.63, 3.8) is 0 Å². The molecule has 1 fully saturated rings. The molecule has 1 saturated heterocycles. The molecule has 1 N–H and O–H groups in total. The standard InChI is InChI=1S/C27H26FN3O4S/c1-34-22-11-7-20(8-12-22)29-25(32)17-24-26(33)31(21-9-13-23(35-2)14-10-21)27(36)30(24)16-15-18-3-5-19(28)6-4-18/h3-14,24H,15-17H2,1-2H3,(H,29,32)/t24-/m1/s1. The van der Waals surface area contributed by atoms with Crippen LogP contribution in [0, 0.1) is 5.82 Å². The number of anilines is 2. The van der Waals surface area contributed by atoms with Gasteiger partial charge in [0.25, 0.3) is 5.91 Å². The van der Waals surface area contributed by atoms with Crippen LogP contribution in [0.2, 0.25) is 0 Å². The Balaban J connectivity index is 1.54. The van der Waals surface area contributed by atoms with Gasteiger partial charge in [0.05, 0.1) is 26.3 Å². The summed E-state index contributed by atoms with van der Waals surface area (Å²) in [6.07, 6.45) is 0.446. The number of hydrogen-bond donors (Lipinski definition) is 1. The number of benzene rings is 3. The van der Waals surface area contributed by atoms with Crippen molar-refractivity contribution in [1.82, 2.24) is 4.90 Å². The van der Waals surface area contributed by atoms with Gasteiger partial charge in [0.2, 0.25) is 5.91 Å². The number of amides is 2. The van der Waals surface area contributed by atoms with Crippen molar-refractivity contribution in [1.29, 1.82) is 0 Å². The Morgan fingerprint density at radius 2 is 1.53 bits per heavy atom. The van der Waals surface area contributed by atoms with Crippen LogP contribution in [0.5, 0.6) is 11.5 Å². The molecular weight excluding hydrogens is 481 g/mol. The fraction of sp³-hybridized carbons (Fsp3) is 0.222. The summed E-state index contributed by atoms with van der Waals surface area (Å²) < 4.78 is 23.7. The van der Waals surface area contributed by atoms with Crippen LogP contribution in [0.25, 0.3) is 0 Å². The highest BCUT2D eigenvalue weighted by molar-refractivity contribution is 7.80. The number of nitrogens with one attached hydrogen (secondary N) is 1. The summed E-state index contributed by atoms with van der Waals surface area (Å²) in [5.74, 6) is 0.412. The zero-order valence-corrected chi connectivity index (χ0v) is 20.8. The van der Waals surface area contributed by atoms with E-state index in [1.54, 1.807) is 79.8 Å². The number of halogens is 1. The zero-order valence-electron chi connectivity index (χ0n) is 19.9. The van der Waals surface area contributed by atoms with E-state index in [0.29, 0.717) is 41.0 Å². The summed E-state index contributed by atoms with van der Waals surface area (Å²) in [7, 11) is 3.13. The fourth-order valence-electron chi connectivity index (χ4n) is 4.02. The molecule has 0 saturated carbocycles. The molecule has 1 heterocycles. The minimum Gasteiger partial charge on any atom is -0.497 e. The topological polar surface area (TPSA) is 71.1 Å². The summed E-state index contributed by atoms with van der Waals surface area (Å²) in [6, 6.07) is 19.3. The molecule has 1 aliphatic heterocycles. The van der Waals surface area contributed by atoms with Gasteiger partial charge in [-0.1, -0.05) is 12.1 Å². The quantitative estimate of drug-likeness (QED) is 0.433. The highest BCUT2D eigenvalue weighted by Gasteiger charge is 2.43. The average molecular weight is 508 g/mol. The van der Waals surface area contributed by atoms with E-state index >= 15 is 0 Å². The van der Waals surface area contributed by atoms with E-state index < -0.39 is 6.04 Å². The Labute approximate surface area is 214 Å². The normalized spacial score (nSPS) is 15.2. The van der Waals surface area contributed by atoms with Crippen molar-refractivity contribution >= 4 is 40.5 Å². The minimum atomic E-state index is -0.779. The second kappa shape index (κ2) is 11.2. The first-order valence-corrected chi connectivity index (χ1v) is 11.8. The van der Waals surface area contributed by atoms with Crippen LogP contribution >= 0.6 is 12.2 Å². The lowest BCUT2D eigenvalue weighted by Crippen LogP contribution is -2.39. The van der Waals surface area contributed by atoms with E-state index in [2.05, 4.69) is 5.32 Å². The maximum atomic E-state index is 13.5. The van der Waals surface area contributed by atoms with E-state index in [4.69, 9.17) is 21.7 Å². The largest absolute Gasteiger partial charge is 0.497 e. The van der Waals surface area contributed by atoms with Crippen molar-refractivity contribution in [2.75, 3.05) is 31.0 Å². The molecule has 0 aromatic heterocycles. The third kappa shape index (κ3) is 5.63. The lowest BCUT2D eigenvalue weighted by molar-refractivity contribution is -0.124. The van der Waals surface area contributed by atoms with Crippen molar-refractivity contribution in [2.45, 2.75) is 18.9 Å². The van der Waals surface area contributed by atoms with Crippen LogP contribution < -0.4 is 19.7 Å². The van der Waals surface area contributed by atoms with Gasteiger partial charge < -0.3 is 19.7 Å². The Morgan fingerprint density at radius 3 is 2.11 bits per heavy atom. The molecule has 0 spiro atoms. The molecule has 9 heteroatoms. The molecule has 7 nitrogen and oxygen atoms in total. The number of rotatable bonds is 9. The highest BCUT2D eigenvalue weighted by atomic mass is 32.1. The maximum Gasteiger partial charge on any atom is 0.256 e. The summed E-state index contributed by atoms with van der Waals surface area (Å²) >= 11 is 5.70. The molecule has 2 amide bonds. The Kier molecular flexibility index (Phi) is 7.80. The van der Waals surface area contributed by atoms with Gasteiger partial charge in [0.15, 0.2) is 5.11 Å². The molecule has 0 aliphatic carbocycles. The zero-order chi connectivity index (χ0) is 25.7. The number of nitrogens with zero attached hydrogens (tertiary/aromatic N) is 2. The second-order valence-corrected chi connectivity index (χ2v) is 8.59. The van der Waals surface area contributed by atoms with Crippen molar-refractivity contribution < 1.29 is 23.5 Å². The molecule has 1 aliphatic rings. The number of hydrogen-bond acceptors (Lipinski definition) is 5. The lowest BCUT2D eigenvalue weighted by atomic mass is 10.1. The van der Waals surface area contributed by atoms with Crippen LogP contribution in [0.4, 0.5) is 15.8 Å². The van der Waals surface area contributed by atoms with Crippen molar-refractivity contribution in [3.8, 4) is 11.5 Å². The first kappa shape index (κ1) is 25.1. The van der Waals surface area contributed by atoms with Crippen molar-refractivity contribution in [2.24, 2.45) is 0 Å². The first-order chi connectivity index (χ1) is 17.4. The van der Waals surface area contributed by atoms with Crippen LogP contribution in [-0.2, 0) is 16.0 Å². The Bertz CT molecular complexity index is 1230. The van der Waals surface area contributed by atoms with Gasteiger partial charge in [0, 0.05) is 12.2 Å². The van der Waals surface area contributed by atoms with Gasteiger partial charge in [-0.2, -0.15) is 0 Å². The monoisotopic (exact) mass is 507 g/mol. The predicted octanol–water partition coefficient (Wildman–Crippen LogP) is 4.42. The summed E-state index contributed by atoms with van der Waals surface area (Å²) in [4.78, 5) is 29.7.